The van der Waals surface area contributed by atoms with Gasteiger partial charge in [0.05, 0.1) is 6.10 Å². The molecule has 3 heteroatoms. The molecule has 100 valence electrons. The lowest BCUT2D eigenvalue weighted by Gasteiger charge is -2.25. The van der Waals surface area contributed by atoms with E-state index in [1.54, 1.807) is 0 Å². The smallest absolute Gasteiger partial charge is 0.0692 e. The Bertz CT molecular complexity index is 230. The molecule has 0 aliphatic carbocycles. The molecule has 0 spiro atoms. The quantitative estimate of drug-likeness (QED) is 0.740. The van der Waals surface area contributed by atoms with Gasteiger partial charge in [-0.05, 0) is 31.7 Å². The molecule has 3 unspecified atom stereocenters. The fourth-order valence-corrected chi connectivity index (χ4v) is 3.59. The van der Waals surface area contributed by atoms with E-state index in [9.17, 15) is 5.11 Å². The molecule has 2 fully saturated rings. The van der Waals surface area contributed by atoms with E-state index in [1.165, 1.54) is 32.4 Å². The van der Waals surface area contributed by atoms with E-state index in [-0.39, 0.29) is 6.10 Å². The Kier molecular flexibility index (Phi) is 4.83. The fraction of sp³-hybridized carbons (Fsp3) is 1.00. The molecule has 0 amide bonds. The van der Waals surface area contributed by atoms with Crippen LogP contribution in [0.3, 0.4) is 0 Å². The summed E-state index contributed by atoms with van der Waals surface area (Å²) in [5, 5.41) is 13.7. The molecule has 0 aromatic rings. The molecule has 17 heavy (non-hydrogen) atoms. The molecule has 0 bridgehead atoms. The zero-order valence-electron chi connectivity index (χ0n) is 11.4. The summed E-state index contributed by atoms with van der Waals surface area (Å²) < 4.78 is 0. The van der Waals surface area contributed by atoms with Crippen LogP contribution in [0.5, 0.6) is 0 Å². The van der Waals surface area contributed by atoms with Crippen molar-refractivity contribution >= 4 is 0 Å². The van der Waals surface area contributed by atoms with Crippen LogP contribution in [0.25, 0.3) is 0 Å². The van der Waals surface area contributed by atoms with Gasteiger partial charge in [-0.25, -0.2) is 0 Å². The molecule has 0 aromatic heterocycles. The number of fused-ring (bicyclic) bond motifs is 1. The molecule has 0 radical (unpaired) electrons. The summed E-state index contributed by atoms with van der Waals surface area (Å²) >= 11 is 0. The molecule has 3 atom stereocenters. The third-order valence-electron chi connectivity index (χ3n) is 4.79. The van der Waals surface area contributed by atoms with Crippen LogP contribution >= 0.6 is 0 Å². The van der Waals surface area contributed by atoms with Gasteiger partial charge in [0.2, 0.25) is 0 Å². The van der Waals surface area contributed by atoms with E-state index >= 15 is 0 Å². The van der Waals surface area contributed by atoms with Crippen molar-refractivity contribution < 1.29 is 5.11 Å². The highest BCUT2D eigenvalue weighted by Crippen LogP contribution is 2.28. The summed E-state index contributed by atoms with van der Waals surface area (Å²) in [5.41, 5.74) is 0. The Balaban J connectivity index is 1.74. The van der Waals surface area contributed by atoms with Crippen LogP contribution in [0.1, 0.15) is 46.0 Å². The predicted octanol–water partition coefficient (Wildman–Crippen LogP) is 1.61. The van der Waals surface area contributed by atoms with Gasteiger partial charge in [-0.2, -0.15) is 0 Å². The van der Waals surface area contributed by atoms with Crippen molar-refractivity contribution in [3.8, 4) is 0 Å². The fourth-order valence-electron chi connectivity index (χ4n) is 3.59. The molecular formula is C14H28N2O. The summed E-state index contributed by atoms with van der Waals surface area (Å²) in [5.74, 6) is 0.462. The van der Waals surface area contributed by atoms with Gasteiger partial charge >= 0.3 is 0 Å². The van der Waals surface area contributed by atoms with Crippen LogP contribution in [-0.2, 0) is 0 Å². The van der Waals surface area contributed by atoms with Gasteiger partial charge in [0.15, 0.2) is 0 Å². The molecule has 2 heterocycles. The van der Waals surface area contributed by atoms with Gasteiger partial charge < -0.3 is 10.4 Å². The van der Waals surface area contributed by atoms with Crippen LogP contribution in [0.4, 0.5) is 0 Å². The van der Waals surface area contributed by atoms with E-state index in [1.807, 2.05) is 0 Å². The van der Waals surface area contributed by atoms with E-state index in [4.69, 9.17) is 0 Å². The topological polar surface area (TPSA) is 35.5 Å². The average Bonchev–Trinajstić information content (AvgIpc) is 2.90. The van der Waals surface area contributed by atoms with Crippen LogP contribution in [0, 0.1) is 5.92 Å². The number of aliphatic hydroxyl groups is 1. The van der Waals surface area contributed by atoms with Gasteiger partial charge in [0.1, 0.15) is 0 Å². The molecule has 2 aliphatic rings. The molecule has 0 aromatic carbocycles. The van der Waals surface area contributed by atoms with Crippen molar-refractivity contribution in [2.75, 3.05) is 19.6 Å². The molecular weight excluding hydrogens is 212 g/mol. The Morgan fingerprint density at radius 2 is 2.00 bits per heavy atom. The lowest BCUT2D eigenvalue weighted by Crippen LogP contribution is -2.43. The van der Waals surface area contributed by atoms with Gasteiger partial charge in [-0.1, -0.05) is 26.7 Å². The van der Waals surface area contributed by atoms with E-state index < -0.39 is 0 Å². The maximum atomic E-state index is 10.1. The van der Waals surface area contributed by atoms with Crippen molar-refractivity contribution in [1.29, 1.82) is 0 Å². The Morgan fingerprint density at radius 1 is 1.24 bits per heavy atom. The second kappa shape index (κ2) is 6.17. The lowest BCUT2D eigenvalue weighted by atomic mass is 9.96. The predicted molar refractivity (Wildman–Crippen MR) is 71.1 cm³/mol. The van der Waals surface area contributed by atoms with Gasteiger partial charge in [0.25, 0.3) is 0 Å². The van der Waals surface area contributed by atoms with Crippen LogP contribution in [0.15, 0.2) is 0 Å². The van der Waals surface area contributed by atoms with E-state index in [2.05, 4.69) is 24.1 Å². The monoisotopic (exact) mass is 240 g/mol. The Labute approximate surface area is 106 Å². The highest BCUT2D eigenvalue weighted by Gasteiger charge is 2.36. The summed E-state index contributed by atoms with van der Waals surface area (Å²) in [6, 6.07) is 1.38. The number of nitrogens with zero attached hydrogens (tertiary/aromatic N) is 1. The normalized spacial score (nSPS) is 31.1. The molecule has 2 saturated heterocycles. The van der Waals surface area contributed by atoms with Gasteiger partial charge in [-0.15, -0.1) is 0 Å². The number of rotatable bonds is 6. The molecule has 2 N–H and O–H groups in total. The van der Waals surface area contributed by atoms with Crippen LogP contribution < -0.4 is 5.32 Å². The maximum absolute atomic E-state index is 10.1. The van der Waals surface area contributed by atoms with Crippen molar-refractivity contribution in [2.24, 2.45) is 5.92 Å². The largest absolute Gasteiger partial charge is 0.392 e. The first-order valence-corrected chi connectivity index (χ1v) is 7.41. The maximum Gasteiger partial charge on any atom is 0.0692 e. The number of hydrogen-bond donors (Lipinski definition) is 2. The minimum Gasteiger partial charge on any atom is -0.392 e. The van der Waals surface area contributed by atoms with Gasteiger partial charge in [-0.3, -0.25) is 4.90 Å². The van der Waals surface area contributed by atoms with Gasteiger partial charge in [0, 0.05) is 25.2 Å². The molecule has 2 aliphatic heterocycles. The summed E-state index contributed by atoms with van der Waals surface area (Å²) in [7, 11) is 0. The zero-order valence-corrected chi connectivity index (χ0v) is 11.4. The van der Waals surface area contributed by atoms with Crippen molar-refractivity contribution in [3.63, 3.8) is 0 Å². The van der Waals surface area contributed by atoms with E-state index in [0.717, 1.165) is 25.4 Å². The second-order valence-electron chi connectivity index (χ2n) is 5.69. The zero-order chi connectivity index (χ0) is 12.3. The molecule has 2 rings (SSSR count). The minimum absolute atomic E-state index is 0.166. The average molecular weight is 240 g/mol. The minimum atomic E-state index is -0.166. The molecule has 0 saturated carbocycles. The molecule has 3 nitrogen and oxygen atoms in total. The second-order valence-corrected chi connectivity index (χ2v) is 5.69. The standard InChI is InChI=1S/C14H28N2O/c1-3-11(4-2)14(17)10-15-12-7-9-16-8-5-6-13(12)16/h11-15,17H,3-10H2,1-2H3. The van der Waals surface area contributed by atoms with Crippen molar-refractivity contribution in [2.45, 2.75) is 64.1 Å². The lowest BCUT2D eigenvalue weighted by molar-refractivity contribution is 0.0968. The SMILES string of the molecule is CCC(CC)C(O)CNC1CCN2CCCC12. The third kappa shape index (κ3) is 3.01. The Morgan fingerprint density at radius 3 is 2.71 bits per heavy atom. The highest BCUT2D eigenvalue weighted by molar-refractivity contribution is 4.95. The first kappa shape index (κ1) is 13.3. The third-order valence-corrected chi connectivity index (χ3v) is 4.79. The summed E-state index contributed by atoms with van der Waals surface area (Å²) in [4.78, 5) is 2.61. The summed E-state index contributed by atoms with van der Waals surface area (Å²) in [6.07, 6.45) is 5.97. The Hall–Kier alpha value is -0.120. The first-order valence-electron chi connectivity index (χ1n) is 7.41. The van der Waals surface area contributed by atoms with Crippen molar-refractivity contribution in [1.82, 2.24) is 10.2 Å². The number of hydrogen-bond acceptors (Lipinski definition) is 3. The summed E-state index contributed by atoms with van der Waals surface area (Å²) in [6.45, 7) is 7.67. The number of aliphatic hydroxyl groups excluding tert-OH is 1. The van der Waals surface area contributed by atoms with Crippen LogP contribution in [0.2, 0.25) is 0 Å². The number of nitrogens with one attached hydrogen (secondary N) is 1. The van der Waals surface area contributed by atoms with E-state index in [0.29, 0.717) is 12.0 Å². The first-order chi connectivity index (χ1) is 8.26. The highest BCUT2D eigenvalue weighted by atomic mass is 16.3. The van der Waals surface area contributed by atoms with Crippen LogP contribution in [-0.4, -0.2) is 47.8 Å². The van der Waals surface area contributed by atoms with Crippen molar-refractivity contribution in [3.05, 3.63) is 0 Å².